The third-order valence-corrected chi connectivity index (χ3v) is 3.54. The normalized spacial score (nSPS) is 11.4. The van der Waals surface area contributed by atoms with Crippen molar-refractivity contribution in [1.82, 2.24) is 16.0 Å². The van der Waals surface area contributed by atoms with Gasteiger partial charge in [-0.05, 0) is 32.9 Å². The lowest BCUT2D eigenvalue weighted by molar-refractivity contribution is -0.127. The highest BCUT2D eigenvalue weighted by Crippen LogP contribution is 2.38. The van der Waals surface area contributed by atoms with E-state index in [0.29, 0.717) is 17.2 Å². The van der Waals surface area contributed by atoms with Crippen LogP contribution in [-0.2, 0) is 9.59 Å². The van der Waals surface area contributed by atoms with Crippen LogP contribution < -0.4 is 30.2 Å². The molecule has 0 saturated heterocycles. The van der Waals surface area contributed by atoms with E-state index in [4.69, 9.17) is 14.2 Å². The number of carbonyl (C=O) groups excluding carboxylic acids is 3. The first-order valence-electron chi connectivity index (χ1n) is 8.41. The quantitative estimate of drug-likeness (QED) is 0.573. The molecule has 1 aromatic rings. The first-order valence-corrected chi connectivity index (χ1v) is 8.41. The van der Waals surface area contributed by atoms with Crippen LogP contribution in [0.2, 0.25) is 0 Å². The van der Waals surface area contributed by atoms with Crippen LogP contribution in [0.5, 0.6) is 17.2 Å². The molecule has 0 fully saturated rings. The maximum atomic E-state index is 12.5. The van der Waals surface area contributed by atoms with Crippen molar-refractivity contribution in [2.24, 2.45) is 0 Å². The molecule has 150 valence electrons. The summed E-state index contributed by atoms with van der Waals surface area (Å²) in [6.07, 6.45) is 0. The number of nitrogens with one attached hydrogen (secondary N) is 3. The van der Waals surface area contributed by atoms with E-state index < -0.39 is 17.9 Å². The van der Waals surface area contributed by atoms with Gasteiger partial charge in [0.2, 0.25) is 17.6 Å². The van der Waals surface area contributed by atoms with Gasteiger partial charge in [0.05, 0.1) is 27.9 Å². The van der Waals surface area contributed by atoms with Crippen molar-refractivity contribution in [2.75, 3.05) is 27.9 Å². The Morgan fingerprint density at radius 3 is 1.93 bits per heavy atom. The van der Waals surface area contributed by atoms with Crippen LogP contribution >= 0.6 is 0 Å². The smallest absolute Gasteiger partial charge is 0.252 e. The van der Waals surface area contributed by atoms with Crippen molar-refractivity contribution in [3.8, 4) is 17.2 Å². The fourth-order valence-electron chi connectivity index (χ4n) is 2.25. The first kappa shape index (κ1) is 22.1. The van der Waals surface area contributed by atoms with Gasteiger partial charge in [-0.1, -0.05) is 0 Å². The van der Waals surface area contributed by atoms with Gasteiger partial charge in [0.15, 0.2) is 11.5 Å². The summed E-state index contributed by atoms with van der Waals surface area (Å²) in [4.78, 5) is 36.1. The van der Waals surface area contributed by atoms with Gasteiger partial charge in [0, 0.05) is 11.6 Å². The van der Waals surface area contributed by atoms with Gasteiger partial charge >= 0.3 is 0 Å². The van der Waals surface area contributed by atoms with E-state index >= 15 is 0 Å². The molecule has 0 unspecified atom stereocenters. The van der Waals surface area contributed by atoms with Crippen LogP contribution in [0.1, 0.15) is 31.1 Å². The lowest BCUT2D eigenvalue weighted by Crippen LogP contribution is -2.48. The third-order valence-electron chi connectivity index (χ3n) is 3.54. The highest BCUT2D eigenvalue weighted by Gasteiger charge is 2.21. The Kier molecular flexibility index (Phi) is 8.37. The molecule has 0 aliphatic carbocycles. The zero-order valence-electron chi connectivity index (χ0n) is 16.5. The van der Waals surface area contributed by atoms with E-state index in [9.17, 15) is 14.4 Å². The summed E-state index contributed by atoms with van der Waals surface area (Å²) in [7, 11) is 4.34. The fourth-order valence-corrected chi connectivity index (χ4v) is 2.25. The van der Waals surface area contributed by atoms with E-state index in [-0.39, 0.29) is 24.1 Å². The average molecular weight is 381 g/mol. The molecule has 0 aliphatic rings. The van der Waals surface area contributed by atoms with Crippen LogP contribution in [0.4, 0.5) is 0 Å². The number of hydrogen-bond acceptors (Lipinski definition) is 6. The van der Waals surface area contributed by atoms with Crippen molar-refractivity contribution < 1.29 is 28.6 Å². The second-order valence-electron chi connectivity index (χ2n) is 6.05. The summed E-state index contributed by atoms with van der Waals surface area (Å²) in [5.74, 6) is -0.271. The van der Waals surface area contributed by atoms with E-state index in [1.54, 1.807) is 0 Å². The van der Waals surface area contributed by atoms with Crippen LogP contribution in [0, 0.1) is 0 Å². The van der Waals surface area contributed by atoms with E-state index in [1.165, 1.54) is 40.4 Å². The number of benzene rings is 1. The standard InChI is InChI=1S/C18H27N3O6/c1-10(2)20-15(22)9-19-17(23)11(3)21-18(24)12-7-13(25-4)16(27-6)14(8-12)26-5/h7-8,10-11H,9H2,1-6H3,(H,19,23)(H,20,22)(H,21,24)/t11-/m0/s1. The molecule has 0 spiro atoms. The van der Waals surface area contributed by atoms with Crippen molar-refractivity contribution >= 4 is 17.7 Å². The van der Waals surface area contributed by atoms with Crippen LogP contribution in [0.15, 0.2) is 12.1 Å². The van der Waals surface area contributed by atoms with Crippen LogP contribution in [0.25, 0.3) is 0 Å². The summed E-state index contributed by atoms with van der Waals surface area (Å²) in [5.41, 5.74) is 0.238. The number of ether oxygens (including phenoxy) is 3. The predicted octanol–water partition coefficient (Wildman–Crippen LogP) is 0.472. The summed E-state index contributed by atoms with van der Waals surface area (Å²) in [5, 5.41) is 7.70. The molecule has 0 heterocycles. The molecule has 9 nitrogen and oxygen atoms in total. The Hall–Kier alpha value is -2.97. The van der Waals surface area contributed by atoms with Crippen LogP contribution in [-0.4, -0.2) is 57.7 Å². The van der Waals surface area contributed by atoms with Gasteiger partial charge in [-0.2, -0.15) is 0 Å². The highest BCUT2D eigenvalue weighted by molar-refractivity contribution is 5.99. The number of carbonyl (C=O) groups is 3. The number of rotatable bonds is 9. The monoisotopic (exact) mass is 381 g/mol. The molecule has 0 aromatic heterocycles. The Morgan fingerprint density at radius 1 is 0.926 bits per heavy atom. The van der Waals surface area contributed by atoms with Gasteiger partial charge < -0.3 is 30.2 Å². The molecule has 0 aliphatic heterocycles. The second kappa shape index (κ2) is 10.2. The summed E-state index contributed by atoms with van der Waals surface area (Å²) in [6, 6.07) is 2.10. The lowest BCUT2D eigenvalue weighted by Gasteiger charge is -2.17. The van der Waals surface area contributed by atoms with Gasteiger partial charge in [-0.15, -0.1) is 0 Å². The largest absolute Gasteiger partial charge is 0.493 e. The molecule has 9 heteroatoms. The van der Waals surface area contributed by atoms with Crippen molar-refractivity contribution in [1.29, 1.82) is 0 Å². The zero-order valence-corrected chi connectivity index (χ0v) is 16.5. The van der Waals surface area contributed by atoms with Crippen LogP contribution in [0.3, 0.4) is 0 Å². The minimum absolute atomic E-state index is 0.0217. The van der Waals surface area contributed by atoms with Crippen molar-refractivity contribution in [3.05, 3.63) is 17.7 Å². The maximum absolute atomic E-state index is 12.5. The molecule has 0 saturated carbocycles. The van der Waals surface area contributed by atoms with Gasteiger partial charge in [-0.25, -0.2) is 0 Å². The summed E-state index contributed by atoms with van der Waals surface area (Å²) in [6.45, 7) is 4.99. The fraction of sp³-hybridized carbons (Fsp3) is 0.500. The van der Waals surface area contributed by atoms with Crippen molar-refractivity contribution in [2.45, 2.75) is 32.9 Å². The minimum atomic E-state index is -0.844. The van der Waals surface area contributed by atoms with Gasteiger partial charge in [0.25, 0.3) is 5.91 Å². The third kappa shape index (κ3) is 6.36. The summed E-state index contributed by atoms with van der Waals surface area (Å²) < 4.78 is 15.6. The maximum Gasteiger partial charge on any atom is 0.252 e. The molecular formula is C18H27N3O6. The van der Waals surface area contributed by atoms with Gasteiger partial charge in [-0.3, -0.25) is 14.4 Å². The molecule has 1 rings (SSSR count). The molecule has 1 atom stereocenters. The average Bonchev–Trinajstić information content (AvgIpc) is 2.63. The Balaban J connectivity index is 2.77. The Labute approximate surface area is 158 Å². The second-order valence-corrected chi connectivity index (χ2v) is 6.05. The molecular weight excluding hydrogens is 354 g/mol. The molecule has 1 aromatic carbocycles. The molecule has 3 N–H and O–H groups in total. The molecule has 0 bridgehead atoms. The topological polar surface area (TPSA) is 115 Å². The highest BCUT2D eigenvalue weighted by atomic mass is 16.5. The summed E-state index contributed by atoms with van der Waals surface area (Å²) >= 11 is 0. The SMILES string of the molecule is COc1cc(C(=O)N[C@@H](C)C(=O)NCC(=O)NC(C)C)cc(OC)c1OC. The number of methoxy groups -OCH3 is 3. The Morgan fingerprint density at radius 2 is 1.48 bits per heavy atom. The van der Waals surface area contributed by atoms with E-state index in [0.717, 1.165) is 0 Å². The Bertz CT molecular complexity index is 665. The lowest BCUT2D eigenvalue weighted by atomic mass is 10.1. The van der Waals surface area contributed by atoms with E-state index in [1.807, 2.05) is 13.8 Å². The number of amides is 3. The molecule has 27 heavy (non-hydrogen) atoms. The molecule has 0 radical (unpaired) electrons. The zero-order chi connectivity index (χ0) is 20.6. The first-order chi connectivity index (χ1) is 12.7. The molecule has 3 amide bonds. The minimum Gasteiger partial charge on any atom is -0.493 e. The van der Waals surface area contributed by atoms with Crippen molar-refractivity contribution in [3.63, 3.8) is 0 Å². The van der Waals surface area contributed by atoms with Gasteiger partial charge in [0.1, 0.15) is 6.04 Å². The van der Waals surface area contributed by atoms with E-state index in [2.05, 4.69) is 16.0 Å². The predicted molar refractivity (Wildman–Crippen MR) is 99.3 cm³/mol. The number of hydrogen-bond donors (Lipinski definition) is 3.